The van der Waals surface area contributed by atoms with Crippen LogP contribution >= 0.6 is 0 Å². The van der Waals surface area contributed by atoms with Crippen molar-refractivity contribution in [2.24, 2.45) is 0 Å². The summed E-state index contributed by atoms with van der Waals surface area (Å²) >= 11 is 0. The van der Waals surface area contributed by atoms with Gasteiger partial charge in [-0.3, -0.25) is 0 Å². The zero-order valence-electron chi connectivity index (χ0n) is 11.8. The molecule has 2 atom stereocenters. The summed E-state index contributed by atoms with van der Waals surface area (Å²) in [5, 5.41) is 15.1. The van der Waals surface area contributed by atoms with Crippen LogP contribution < -0.4 is 10.6 Å². The molecule has 2 heterocycles. The van der Waals surface area contributed by atoms with Gasteiger partial charge in [-0.15, -0.1) is 5.10 Å². The minimum absolute atomic E-state index is 0.426. The molecule has 1 aromatic carbocycles. The Morgan fingerprint density at radius 1 is 1.45 bits per heavy atom. The smallest absolute Gasteiger partial charge is 0.0894 e. The summed E-state index contributed by atoms with van der Waals surface area (Å²) in [6.45, 7) is 3.39. The topological polar surface area (TPSA) is 54.8 Å². The molecule has 1 saturated heterocycles. The van der Waals surface area contributed by atoms with Crippen molar-refractivity contribution in [2.45, 2.75) is 38.3 Å². The highest BCUT2D eigenvalue weighted by molar-refractivity contribution is 5.60. The van der Waals surface area contributed by atoms with Gasteiger partial charge in [0.2, 0.25) is 0 Å². The van der Waals surface area contributed by atoms with Gasteiger partial charge in [0.25, 0.3) is 0 Å². The molecule has 106 valence electrons. The Hall–Kier alpha value is -1.88. The number of para-hydroxylation sites is 2. The molecule has 1 aliphatic heterocycles. The first kappa shape index (κ1) is 13.1. The van der Waals surface area contributed by atoms with Gasteiger partial charge in [0.15, 0.2) is 0 Å². The monoisotopic (exact) mass is 271 g/mol. The van der Waals surface area contributed by atoms with Crippen molar-refractivity contribution >= 4 is 5.69 Å². The highest BCUT2D eigenvalue weighted by Gasteiger charge is 2.17. The van der Waals surface area contributed by atoms with Crippen LogP contribution in [0.25, 0.3) is 5.69 Å². The molecule has 5 nitrogen and oxygen atoms in total. The molecule has 1 fully saturated rings. The lowest BCUT2D eigenvalue weighted by atomic mass is 10.1. The van der Waals surface area contributed by atoms with Crippen LogP contribution in [0, 0.1) is 0 Å². The van der Waals surface area contributed by atoms with Gasteiger partial charge in [-0.05, 0) is 44.9 Å². The van der Waals surface area contributed by atoms with Crippen molar-refractivity contribution in [1.82, 2.24) is 20.3 Å². The van der Waals surface area contributed by atoms with E-state index in [-0.39, 0.29) is 0 Å². The molecule has 1 aromatic heterocycles. The summed E-state index contributed by atoms with van der Waals surface area (Å²) in [6.07, 6.45) is 7.29. The van der Waals surface area contributed by atoms with E-state index in [0.717, 1.165) is 24.3 Å². The van der Waals surface area contributed by atoms with Crippen LogP contribution in [0.15, 0.2) is 36.7 Å². The lowest BCUT2D eigenvalue weighted by molar-refractivity contribution is 0.523. The molecule has 2 aromatic rings. The Bertz CT molecular complexity index is 531. The van der Waals surface area contributed by atoms with Gasteiger partial charge in [0.1, 0.15) is 0 Å². The van der Waals surface area contributed by atoms with Gasteiger partial charge in [-0.2, -0.15) is 0 Å². The first-order chi connectivity index (χ1) is 9.83. The van der Waals surface area contributed by atoms with Crippen molar-refractivity contribution in [3.63, 3.8) is 0 Å². The fourth-order valence-electron chi connectivity index (χ4n) is 2.84. The number of aromatic nitrogens is 3. The maximum absolute atomic E-state index is 4.07. The van der Waals surface area contributed by atoms with Crippen LogP contribution in [0.4, 0.5) is 5.69 Å². The van der Waals surface area contributed by atoms with E-state index in [1.807, 2.05) is 18.3 Å². The summed E-state index contributed by atoms with van der Waals surface area (Å²) in [7, 11) is 0. The van der Waals surface area contributed by atoms with Gasteiger partial charge >= 0.3 is 0 Å². The summed E-state index contributed by atoms with van der Waals surface area (Å²) in [5.74, 6) is 0. The Morgan fingerprint density at radius 3 is 3.10 bits per heavy atom. The number of anilines is 1. The molecule has 0 aliphatic carbocycles. The normalized spacial score (nSPS) is 19.9. The molecule has 0 radical (unpaired) electrons. The van der Waals surface area contributed by atoms with Gasteiger partial charge in [0, 0.05) is 12.1 Å². The summed E-state index contributed by atoms with van der Waals surface area (Å²) in [6, 6.07) is 9.29. The Kier molecular flexibility index (Phi) is 3.97. The molecule has 0 spiro atoms. The van der Waals surface area contributed by atoms with Crippen molar-refractivity contribution in [3.8, 4) is 5.69 Å². The largest absolute Gasteiger partial charge is 0.381 e. The Labute approximate surface area is 119 Å². The SMILES string of the molecule is CC(CC1CCCN1)Nc1ccccc1-n1ccnn1. The number of rotatable bonds is 5. The average Bonchev–Trinajstić information content (AvgIpc) is 3.11. The second-order valence-electron chi connectivity index (χ2n) is 5.44. The van der Waals surface area contributed by atoms with Crippen molar-refractivity contribution in [3.05, 3.63) is 36.7 Å². The van der Waals surface area contributed by atoms with E-state index in [1.54, 1.807) is 10.9 Å². The van der Waals surface area contributed by atoms with Gasteiger partial charge in [-0.1, -0.05) is 17.3 Å². The zero-order valence-corrected chi connectivity index (χ0v) is 11.8. The lowest BCUT2D eigenvalue weighted by Gasteiger charge is -2.21. The molecule has 20 heavy (non-hydrogen) atoms. The van der Waals surface area contributed by atoms with E-state index >= 15 is 0 Å². The molecule has 2 unspecified atom stereocenters. The average molecular weight is 271 g/mol. The van der Waals surface area contributed by atoms with Crippen LogP contribution in [0.1, 0.15) is 26.2 Å². The summed E-state index contributed by atoms with van der Waals surface area (Å²) in [4.78, 5) is 0. The number of benzene rings is 1. The summed E-state index contributed by atoms with van der Waals surface area (Å²) < 4.78 is 1.79. The lowest BCUT2D eigenvalue weighted by Crippen LogP contribution is -2.29. The minimum atomic E-state index is 0.426. The molecule has 0 saturated carbocycles. The highest BCUT2D eigenvalue weighted by Crippen LogP contribution is 2.21. The van der Waals surface area contributed by atoms with E-state index in [9.17, 15) is 0 Å². The molecule has 3 rings (SSSR count). The van der Waals surface area contributed by atoms with Crippen molar-refractivity contribution < 1.29 is 0 Å². The molecular weight excluding hydrogens is 250 g/mol. The zero-order chi connectivity index (χ0) is 13.8. The number of nitrogens with zero attached hydrogens (tertiary/aromatic N) is 3. The number of nitrogens with one attached hydrogen (secondary N) is 2. The van der Waals surface area contributed by atoms with Gasteiger partial charge in [0.05, 0.1) is 23.8 Å². The molecule has 2 N–H and O–H groups in total. The van der Waals surface area contributed by atoms with Gasteiger partial charge < -0.3 is 10.6 Å². The first-order valence-corrected chi connectivity index (χ1v) is 7.28. The predicted octanol–water partition coefficient (Wildman–Crippen LogP) is 2.21. The molecule has 1 aliphatic rings. The Morgan fingerprint density at radius 2 is 2.35 bits per heavy atom. The van der Waals surface area contributed by atoms with Crippen LogP contribution in [0.2, 0.25) is 0 Å². The predicted molar refractivity (Wildman–Crippen MR) is 80.1 cm³/mol. The van der Waals surface area contributed by atoms with E-state index in [4.69, 9.17) is 0 Å². The third-order valence-corrected chi connectivity index (χ3v) is 3.78. The molecule has 0 amide bonds. The second-order valence-corrected chi connectivity index (χ2v) is 5.44. The fraction of sp³-hybridized carbons (Fsp3) is 0.467. The Balaban J connectivity index is 1.70. The third-order valence-electron chi connectivity index (χ3n) is 3.78. The number of hydrogen-bond acceptors (Lipinski definition) is 4. The highest BCUT2D eigenvalue weighted by atomic mass is 15.4. The fourth-order valence-corrected chi connectivity index (χ4v) is 2.84. The van der Waals surface area contributed by atoms with E-state index in [2.05, 4.69) is 40.0 Å². The maximum atomic E-state index is 4.07. The van der Waals surface area contributed by atoms with Crippen LogP contribution in [-0.2, 0) is 0 Å². The van der Waals surface area contributed by atoms with Gasteiger partial charge in [-0.25, -0.2) is 4.68 Å². The van der Waals surface area contributed by atoms with E-state index in [0.29, 0.717) is 12.1 Å². The van der Waals surface area contributed by atoms with Crippen LogP contribution in [-0.4, -0.2) is 33.6 Å². The molecule has 5 heteroatoms. The quantitative estimate of drug-likeness (QED) is 0.875. The minimum Gasteiger partial charge on any atom is -0.381 e. The van der Waals surface area contributed by atoms with Crippen molar-refractivity contribution in [1.29, 1.82) is 0 Å². The molecule has 0 bridgehead atoms. The standard InChI is InChI=1S/C15H21N5/c1-12(11-13-5-4-8-16-13)18-14-6-2-3-7-15(14)20-10-9-17-19-20/h2-3,6-7,9-10,12-13,16,18H,4-5,8,11H2,1H3. The van der Waals surface area contributed by atoms with Crippen LogP contribution in [0.5, 0.6) is 0 Å². The van der Waals surface area contributed by atoms with E-state index < -0.39 is 0 Å². The van der Waals surface area contributed by atoms with Crippen molar-refractivity contribution in [2.75, 3.05) is 11.9 Å². The second kappa shape index (κ2) is 6.05. The third kappa shape index (κ3) is 2.99. The number of hydrogen-bond donors (Lipinski definition) is 2. The van der Waals surface area contributed by atoms with E-state index in [1.165, 1.54) is 12.8 Å². The summed E-state index contributed by atoms with van der Waals surface area (Å²) in [5.41, 5.74) is 2.14. The molecular formula is C15H21N5. The first-order valence-electron chi connectivity index (χ1n) is 7.28. The maximum Gasteiger partial charge on any atom is 0.0894 e. The van der Waals surface area contributed by atoms with Crippen LogP contribution in [0.3, 0.4) is 0 Å².